The van der Waals surface area contributed by atoms with Crippen molar-refractivity contribution in [2.24, 2.45) is 34.5 Å². The third-order valence-corrected chi connectivity index (χ3v) is 9.75. The molecule has 3 nitrogen and oxygen atoms in total. The van der Waals surface area contributed by atoms with E-state index in [2.05, 4.69) is 39.0 Å². The lowest BCUT2D eigenvalue weighted by molar-refractivity contribution is -0.138. The fourth-order valence-electron chi connectivity index (χ4n) is 8.17. The Balaban J connectivity index is 1.44. The summed E-state index contributed by atoms with van der Waals surface area (Å²) in [5.41, 5.74) is 2.25. The van der Waals surface area contributed by atoms with Crippen LogP contribution in [-0.2, 0) is 4.79 Å². The largest absolute Gasteiger partial charge is 0.338 e. The van der Waals surface area contributed by atoms with E-state index in [-0.39, 0.29) is 22.7 Å². The van der Waals surface area contributed by atoms with Crippen molar-refractivity contribution in [3.05, 3.63) is 47.5 Å². The summed E-state index contributed by atoms with van der Waals surface area (Å²) in [5.74, 6) is 2.60. The lowest BCUT2D eigenvalue weighted by Gasteiger charge is -2.60. The van der Waals surface area contributed by atoms with Crippen molar-refractivity contribution >= 4 is 11.7 Å². The third-order valence-electron chi connectivity index (χ3n) is 9.75. The Morgan fingerprint density at radius 1 is 1.07 bits per heavy atom. The van der Waals surface area contributed by atoms with Gasteiger partial charge in [0.1, 0.15) is 0 Å². The monoisotopic (exact) mass is 405 g/mol. The number of amides is 1. The topological polar surface area (TPSA) is 37.4 Å². The summed E-state index contributed by atoms with van der Waals surface area (Å²) in [4.78, 5) is 27.8. The van der Waals surface area contributed by atoms with Gasteiger partial charge in [-0.05, 0) is 80.8 Å². The molecular formula is C27H35NO2. The second kappa shape index (κ2) is 6.80. The van der Waals surface area contributed by atoms with Crippen LogP contribution in [0.5, 0.6) is 0 Å². The van der Waals surface area contributed by atoms with Crippen molar-refractivity contribution in [1.82, 2.24) is 4.90 Å². The number of benzene rings is 1. The highest BCUT2D eigenvalue weighted by Gasteiger charge is 2.61. The predicted molar refractivity (Wildman–Crippen MR) is 119 cm³/mol. The van der Waals surface area contributed by atoms with Crippen LogP contribution in [-0.4, -0.2) is 29.7 Å². The van der Waals surface area contributed by atoms with E-state index >= 15 is 0 Å². The zero-order valence-corrected chi connectivity index (χ0v) is 18.9. The average Bonchev–Trinajstić information content (AvgIpc) is 3.08. The van der Waals surface area contributed by atoms with E-state index in [1.54, 1.807) is 0 Å². The van der Waals surface area contributed by atoms with Crippen LogP contribution in [0.3, 0.4) is 0 Å². The number of carbonyl (C=O) groups excluding carboxylic acids is 2. The van der Waals surface area contributed by atoms with Gasteiger partial charge in [0.2, 0.25) is 5.91 Å². The van der Waals surface area contributed by atoms with E-state index < -0.39 is 0 Å². The molecule has 0 N–H and O–H groups in total. The first kappa shape index (κ1) is 20.0. The first-order chi connectivity index (χ1) is 14.3. The third kappa shape index (κ3) is 2.70. The quantitative estimate of drug-likeness (QED) is 0.615. The highest BCUT2D eigenvalue weighted by molar-refractivity contribution is 5.98. The fraction of sp³-hybridized carbons (Fsp3) is 0.630. The van der Waals surface area contributed by atoms with Crippen molar-refractivity contribution in [3.63, 3.8) is 0 Å². The number of hydrogen-bond acceptors (Lipinski definition) is 2. The van der Waals surface area contributed by atoms with Crippen LogP contribution in [0.1, 0.15) is 68.3 Å². The average molecular weight is 406 g/mol. The molecule has 1 aromatic rings. The number of fused-ring (bicyclic) bond motifs is 5. The summed E-state index contributed by atoms with van der Waals surface area (Å²) in [5, 5.41) is 0. The predicted octanol–water partition coefficient (Wildman–Crippen LogP) is 5.43. The number of rotatable bonds is 2. The molecule has 4 aliphatic rings. The first-order valence-corrected chi connectivity index (χ1v) is 11.8. The van der Waals surface area contributed by atoms with Crippen molar-refractivity contribution in [2.45, 2.75) is 65.3 Å². The molecule has 30 heavy (non-hydrogen) atoms. The van der Waals surface area contributed by atoms with Crippen LogP contribution in [0.4, 0.5) is 0 Å². The normalized spacial score (nSPS) is 42.5. The minimum Gasteiger partial charge on any atom is -0.338 e. The summed E-state index contributed by atoms with van der Waals surface area (Å²) < 4.78 is 0. The van der Waals surface area contributed by atoms with Gasteiger partial charge in [-0.3, -0.25) is 9.59 Å². The highest BCUT2D eigenvalue weighted by Crippen LogP contribution is 2.65. The Bertz CT molecular complexity index is 919. The van der Waals surface area contributed by atoms with Crippen LogP contribution >= 0.6 is 0 Å². The molecule has 0 aromatic heterocycles. The molecule has 1 aromatic carbocycles. The molecule has 0 radical (unpaired) electrons. The molecule has 1 aliphatic heterocycles. The Morgan fingerprint density at radius 3 is 2.63 bits per heavy atom. The van der Waals surface area contributed by atoms with Gasteiger partial charge in [0, 0.05) is 30.0 Å². The van der Waals surface area contributed by atoms with Gasteiger partial charge in [0.05, 0.1) is 0 Å². The molecule has 3 saturated carbocycles. The lowest BCUT2D eigenvalue weighted by atomic mass is 9.47. The van der Waals surface area contributed by atoms with Gasteiger partial charge in [-0.2, -0.15) is 0 Å². The highest BCUT2D eigenvalue weighted by atomic mass is 16.2. The van der Waals surface area contributed by atoms with Gasteiger partial charge >= 0.3 is 0 Å². The van der Waals surface area contributed by atoms with Gasteiger partial charge in [-0.15, -0.1) is 0 Å². The molecule has 0 spiro atoms. The van der Waals surface area contributed by atoms with Crippen molar-refractivity contribution in [2.75, 3.05) is 7.05 Å². The first-order valence-electron chi connectivity index (χ1n) is 11.8. The smallest absolute Gasteiger partial charge is 0.246 e. The molecule has 3 heteroatoms. The SMILES string of the molecule is Cc1cccc(C(=O)C2CC[C@H]3[C@@H]4CCC5N(C)C(=O)C=C[C@]5(C)[C@@H]4CC[C@]23C)c1. The van der Waals surface area contributed by atoms with Crippen LogP contribution in [0.2, 0.25) is 0 Å². The number of hydrogen-bond donors (Lipinski definition) is 0. The zero-order chi connectivity index (χ0) is 21.3. The maximum Gasteiger partial charge on any atom is 0.246 e. The summed E-state index contributed by atoms with van der Waals surface area (Å²) in [6, 6.07) is 8.48. The van der Waals surface area contributed by atoms with Crippen LogP contribution < -0.4 is 0 Å². The van der Waals surface area contributed by atoms with E-state index in [1.807, 2.05) is 30.2 Å². The fourth-order valence-corrected chi connectivity index (χ4v) is 8.17. The van der Waals surface area contributed by atoms with Gasteiger partial charge in [-0.1, -0.05) is 43.7 Å². The Kier molecular flexibility index (Phi) is 4.54. The minimum absolute atomic E-state index is 0.0749. The number of nitrogens with zero attached hydrogens (tertiary/aromatic N) is 1. The molecule has 1 heterocycles. The number of ketones is 1. The maximum atomic E-state index is 13.5. The molecule has 2 unspecified atom stereocenters. The summed E-state index contributed by atoms with van der Waals surface area (Å²) in [7, 11) is 1.98. The van der Waals surface area contributed by atoms with Crippen molar-refractivity contribution in [1.29, 1.82) is 0 Å². The van der Waals surface area contributed by atoms with E-state index in [9.17, 15) is 9.59 Å². The van der Waals surface area contributed by atoms with Crippen LogP contribution in [0, 0.1) is 41.4 Å². The number of likely N-dealkylation sites (N-methyl/N-ethyl adjacent to an activating group) is 1. The van der Waals surface area contributed by atoms with Crippen molar-refractivity contribution in [3.8, 4) is 0 Å². The molecule has 7 atom stereocenters. The summed E-state index contributed by atoms with van der Waals surface area (Å²) >= 11 is 0. The minimum atomic E-state index is 0.0749. The lowest BCUT2D eigenvalue weighted by Crippen LogP contribution is -2.59. The summed E-state index contributed by atoms with van der Waals surface area (Å²) in [6.45, 7) is 6.88. The van der Waals surface area contributed by atoms with Gasteiger partial charge in [-0.25, -0.2) is 0 Å². The van der Waals surface area contributed by atoms with Gasteiger partial charge in [0.25, 0.3) is 0 Å². The molecule has 0 saturated heterocycles. The molecule has 3 fully saturated rings. The number of aryl methyl sites for hydroxylation is 1. The molecule has 0 bridgehead atoms. The molecule has 1 amide bonds. The molecular weight excluding hydrogens is 370 g/mol. The second-order valence-electron chi connectivity index (χ2n) is 11.0. The van der Waals surface area contributed by atoms with Crippen LogP contribution in [0.15, 0.2) is 36.4 Å². The van der Waals surface area contributed by atoms with Gasteiger partial charge in [0.15, 0.2) is 5.78 Å². The summed E-state index contributed by atoms with van der Waals surface area (Å²) in [6.07, 6.45) is 10.9. The molecule has 5 rings (SSSR count). The van der Waals surface area contributed by atoms with E-state index in [0.29, 0.717) is 29.6 Å². The van der Waals surface area contributed by atoms with E-state index in [4.69, 9.17) is 0 Å². The second-order valence-corrected chi connectivity index (χ2v) is 11.0. The standard InChI is InChI=1S/C27H35NO2/c1-17-6-5-7-18(16-17)25(30)22-10-9-20-19-8-11-23-27(3,15-13-24(29)28(23)4)21(19)12-14-26(20,22)2/h5-7,13,15-16,19-23H,8-12,14H2,1-4H3/t19-,20-,21+,22?,23?,26-,27+/m0/s1. The zero-order valence-electron chi connectivity index (χ0n) is 18.9. The van der Waals surface area contributed by atoms with E-state index in [0.717, 1.165) is 24.8 Å². The van der Waals surface area contributed by atoms with Gasteiger partial charge < -0.3 is 4.90 Å². The maximum absolute atomic E-state index is 13.5. The van der Waals surface area contributed by atoms with E-state index in [1.165, 1.54) is 24.8 Å². The number of Topliss-reactive ketones (excluding diaryl/α,β-unsaturated/α-hetero) is 1. The Morgan fingerprint density at radius 2 is 1.87 bits per heavy atom. The Labute approximate surface area is 180 Å². The number of carbonyl (C=O) groups is 2. The van der Waals surface area contributed by atoms with Crippen molar-refractivity contribution < 1.29 is 9.59 Å². The Hall–Kier alpha value is -1.90. The van der Waals surface area contributed by atoms with Crippen LogP contribution in [0.25, 0.3) is 0 Å². The molecule has 3 aliphatic carbocycles. The molecule has 160 valence electrons.